The number of hydrogen-bond acceptors (Lipinski definition) is 7. The number of methoxy groups -OCH3 is 3. The minimum Gasteiger partial charge on any atom is -0.497 e. The van der Waals surface area contributed by atoms with Crippen molar-refractivity contribution in [3.05, 3.63) is 42.5 Å². The molecule has 2 fully saturated rings. The zero-order chi connectivity index (χ0) is 22.0. The van der Waals surface area contributed by atoms with Crippen LogP contribution in [0.5, 0.6) is 17.2 Å². The molecule has 0 bridgehead atoms. The maximum absolute atomic E-state index is 13.2. The highest BCUT2D eigenvalue weighted by Crippen LogP contribution is 2.36. The van der Waals surface area contributed by atoms with Crippen LogP contribution in [0.4, 0.5) is 11.4 Å². The lowest BCUT2D eigenvalue weighted by Gasteiger charge is -2.38. The van der Waals surface area contributed by atoms with Gasteiger partial charge >= 0.3 is 0 Å². The maximum atomic E-state index is 13.2. The summed E-state index contributed by atoms with van der Waals surface area (Å²) in [6.07, 6.45) is 0.177. The second-order valence-corrected chi connectivity index (χ2v) is 7.55. The Bertz CT molecular complexity index is 954. The Balaban J connectivity index is 1.45. The van der Waals surface area contributed by atoms with E-state index in [2.05, 4.69) is 9.80 Å². The second-order valence-electron chi connectivity index (χ2n) is 7.55. The standard InChI is InChI=1S/C23H27N3O5/c1-29-17-6-4-16(5-7-17)24-10-12-25(13-11-24)20-15-22(27)26(23(20)28)19-9-8-18(30-2)14-21(19)31-3/h4-9,14,20H,10-13,15H2,1-3H3/t20-/m0/s1. The van der Waals surface area contributed by atoms with Gasteiger partial charge in [-0.3, -0.25) is 14.5 Å². The number of carbonyl (C=O) groups is 2. The third kappa shape index (κ3) is 4.03. The van der Waals surface area contributed by atoms with Gasteiger partial charge in [0, 0.05) is 37.9 Å². The molecule has 2 aliphatic heterocycles. The monoisotopic (exact) mass is 425 g/mol. The van der Waals surface area contributed by atoms with Gasteiger partial charge in [0.05, 0.1) is 39.5 Å². The highest BCUT2D eigenvalue weighted by atomic mass is 16.5. The van der Waals surface area contributed by atoms with Crippen LogP contribution in [0.15, 0.2) is 42.5 Å². The first-order valence-electron chi connectivity index (χ1n) is 10.3. The molecule has 0 spiro atoms. The van der Waals surface area contributed by atoms with Gasteiger partial charge in [-0.15, -0.1) is 0 Å². The van der Waals surface area contributed by atoms with Crippen LogP contribution in [0.3, 0.4) is 0 Å². The largest absolute Gasteiger partial charge is 0.497 e. The lowest BCUT2D eigenvalue weighted by molar-refractivity contribution is -0.123. The molecule has 8 heteroatoms. The molecule has 0 unspecified atom stereocenters. The van der Waals surface area contributed by atoms with Crippen LogP contribution in [0.25, 0.3) is 0 Å². The van der Waals surface area contributed by atoms with Gasteiger partial charge in [0.25, 0.3) is 5.91 Å². The van der Waals surface area contributed by atoms with E-state index in [0.29, 0.717) is 30.3 Å². The number of rotatable bonds is 6. The van der Waals surface area contributed by atoms with Crippen LogP contribution < -0.4 is 24.0 Å². The zero-order valence-electron chi connectivity index (χ0n) is 18.0. The predicted octanol–water partition coefficient (Wildman–Crippen LogP) is 2.17. The van der Waals surface area contributed by atoms with E-state index < -0.39 is 6.04 Å². The van der Waals surface area contributed by atoms with E-state index in [-0.39, 0.29) is 18.2 Å². The van der Waals surface area contributed by atoms with Gasteiger partial charge in [-0.05, 0) is 36.4 Å². The lowest BCUT2D eigenvalue weighted by atomic mass is 10.1. The minimum atomic E-state index is -0.447. The van der Waals surface area contributed by atoms with Crippen LogP contribution in [-0.2, 0) is 9.59 Å². The van der Waals surface area contributed by atoms with E-state index in [9.17, 15) is 9.59 Å². The summed E-state index contributed by atoms with van der Waals surface area (Å²) >= 11 is 0. The van der Waals surface area contributed by atoms with Gasteiger partial charge < -0.3 is 19.1 Å². The molecule has 164 valence electrons. The SMILES string of the molecule is COc1ccc(N2CCN([C@H]3CC(=O)N(c4ccc(OC)cc4OC)C3=O)CC2)cc1. The minimum absolute atomic E-state index is 0.177. The number of ether oxygens (including phenoxy) is 3. The van der Waals surface area contributed by atoms with Crippen molar-refractivity contribution >= 4 is 23.2 Å². The molecule has 8 nitrogen and oxygen atoms in total. The van der Waals surface area contributed by atoms with Gasteiger partial charge in [-0.2, -0.15) is 0 Å². The Labute approximate surface area is 181 Å². The first kappa shape index (κ1) is 21.0. The number of hydrogen-bond donors (Lipinski definition) is 0. The molecule has 4 rings (SSSR count). The van der Waals surface area contributed by atoms with Crippen LogP contribution >= 0.6 is 0 Å². The Kier molecular flexibility index (Phi) is 5.99. The van der Waals surface area contributed by atoms with Crippen molar-refractivity contribution in [1.29, 1.82) is 0 Å². The molecule has 2 amide bonds. The van der Waals surface area contributed by atoms with Gasteiger partial charge in [-0.25, -0.2) is 4.90 Å². The number of imide groups is 1. The third-order valence-electron chi connectivity index (χ3n) is 5.94. The van der Waals surface area contributed by atoms with Crippen molar-refractivity contribution in [2.24, 2.45) is 0 Å². The third-order valence-corrected chi connectivity index (χ3v) is 5.94. The molecule has 2 aromatic rings. The van der Waals surface area contributed by atoms with Crippen LogP contribution in [0, 0.1) is 0 Å². The summed E-state index contributed by atoms with van der Waals surface area (Å²) in [7, 11) is 4.72. The molecular formula is C23H27N3O5. The quantitative estimate of drug-likeness (QED) is 0.657. The number of piperazine rings is 1. The molecule has 31 heavy (non-hydrogen) atoms. The summed E-state index contributed by atoms with van der Waals surface area (Å²) in [6, 6.07) is 12.6. The number of anilines is 2. The summed E-state index contributed by atoms with van der Waals surface area (Å²) in [5.74, 6) is 1.45. The Morgan fingerprint density at radius 3 is 2.06 bits per heavy atom. The number of carbonyl (C=O) groups excluding carboxylic acids is 2. The first-order valence-corrected chi connectivity index (χ1v) is 10.3. The van der Waals surface area contributed by atoms with E-state index in [1.54, 1.807) is 32.4 Å². The van der Waals surface area contributed by atoms with E-state index in [1.165, 1.54) is 12.0 Å². The van der Waals surface area contributed by atoms with Crippen molar-refractivity contribution in [2.75, 3.05) is 57.3 Å². The smallest absolute Gasteiger partial charge is 0.251 e. The van der Waals surface area contributed by atoms with E-state index in [4.69, 9.17) is 14.2 Å². The molecule has 2 saturated heterocycles. The average Bonchev–Trinajstić information content (AvgIpc) is 3.12. The topological polar surface area (TPSA) is 71.6 Å². The molecule has 0 aromatic heterocycles. The first-order chi connectivity index (χ1) is 15.0. The lowest BCUT2D eigenvalue weighted by Crippen LogP contribution is -2.52. The predicted molar refractivity (Wildman–Crippen MR) is 117 cm³/mol. The fraction of sp³-hybridized carbons (Fsp3) is 0.391. The summed E-state index contributed by atoms with van der Waals surface area (Å²) in [5.41, 5.74) is 1.58. The molecule has 0 saturated carbocycles. The molecule has 0 N–H and O–H groups in total. The highest BCUT2D eigenvalue weighted by molar-refractivity contribution is 6.23. The average molecular weight is 425 g/mol. The van der Waals surface area contributed by atoms with Crippen LogP contribution in [-0.4, -0.2) is 70.3 Å². The number of amides is 2. The molecule has 2 aromatic carbocycles. The molecule has 2 heterocycles. The Morgan fingerprint density at radius 1 is 0.806 bits per heavy atom. The fourth-order valence-electron chi connectivity index (χ4n) is 4.21. The molecule has 0 aliphatic carbocycles. The van der Waals surface area contributed by atoms with Crippen molar-refractivity contribution in [3.8, 4) is 17.2 Å². The van der Waals surface area contributed by atoms with Gasteiger partial charge in [0.2, 0.25) is 5.91 Å². The van der Waals surface area contributed by atoms with E-state index >= 15 is 0 Å². The molecule has 1 atom stereocenters. The highest BCUT2D eigenvalue weighted by Gasteiger charge is 2.44. The van der Waals surface area contributed by atoms with Crippen molar-refractivity contribution in [1.82, 2.24) is 4.90 Å². The fourth-order valence-corrected chi connectivity index (χ4v) is 4.21. The van der Waals surface area contributed by atoms with Crippen molar-refractivity contribution < 1.29 is 23.8 Å². The van der Waals surface area contributed by atoms with Gasteiger partial charge in [0.15, 0.2) is 0 Å². The zero-order valence-corrected chi connectivity index (χ0v) is 18.0. The molecule has 0 radical (unpaired) electrons. The summed E-state index contributed by atoms with van der Waals surface area (Å²) < 4.78 is 15.8. The van der Waals surface area contributed by atoms with Crippen molar-refractivity contribution in [2.45, 2.75) is 12.5 Å². The number of nitrogens with zero attached hydrogens (tertiary/aromatic N) is 3. The summed E-state index contributed by atoms with van der Waals surface area (Å²) in [6.45, 7) is 3.00. The Morgan fingerprint density at radius 2 is 1.45 bits per heavy atom. The van der Waals surface area contributed by atoms with Gasteiger partial charge in [-0.1, -0.05) is 0 Å². The van der Waals surface area contributed by atoms with E-state index in [0.717, 1.165) is 24.5 Å². The second kappa shape index (κ2) is 8.85. The normalized spacial score (nSPS) is 19.6. The molecule has 2 aliphatic rings. The summed E-state index contributed by atoms with van der Waals surface area (Å²) in [4.78, 5) is 31.6. The molecular weight excluding hydrogens is 398 g/mol. The maximum Gasteiger partial charge on any atom is 0.251 e. The number of benzene rings is 2. The summed E-state index contributed by atoms with van der Waals surface area (Å²) in [5, 5.41) is 0. The van der Waals surface area contributed by atoms with E-state index in [1.807, 2.05) is 24.3 Å². The van der Waals surface area contributed by atoms with Crippen molar-refractivity contribution in [3.63, 3.8) is 0 Å². The van der Waals surface area contributed by atoms with Crippen LogP contribution in [0.1, 0.15) is 6.42 Å². The van der Waals surface area contributed by atoms with Gasteiger partial charge in [0.1, 0.15) is 17.2 Å². The van der Waals surface area contributed by atoms with Crippen LogP contribution in [0.2, 0.25) is 0 Å². The Hall–Kier alpha value is -3.26.